The van der Waals surface area contributed by atoms with E-state index in [1.807, 2.05) is 6.07 Å². The third-order valence-electron chi connectivity index (χ3n) is 3.65. The van der Waals surface area contributed by atoms with Crippen LogP contribution < -0.4 is 4.90 Å². The molecule has 1 heterocycles. The molecule has 0 amide bonds. The molecule has 0 radical (unpaired) electrons. The maximum Gasteiger partial charge on any atom is 0.335 e. The molecule has 0 spiro atoms. The summed E-state index contributed by atoms with van der Waals surface area (Å²) in [4.78, 5) is 13.2. The van der Waals surface area contributed by atoms with Gasteiger partial charge in [0.15, 0.2) is 0 Å². The molecule has 1 aromatic carbocycles. The minimum absolute atomic E-state index is 0.215. The van der Waals surface area contributed by atoms with Gasteiger partial charge in [-0.1, -0.05) is 13.0 Å². The quantitative estimate of drug-likeness (QED) is 0.892. The van der Waals surface area contributed by atoms with E-state index in [2.05, 4.69) is 11.8 Å². The molecule has 2 unspecified atom stereocenters. The van der Waals surface area contributed by atoms with Gasteiger partial charge in [-0.05, 0) is 30.5 Å². The van der Waals surface area contributed by atoms with Crippen LogP contribution in [-0.4, -0.2) is 37.4 Å². The van der Waals surface area contributed by atoms with Crippen LogP contribution in [0.3, 0.4) is 0 Å². The summed E-state index contributed by atoms with van der Waals surface area (Å²) in [6.45, 7) is 3.96. The topological polar surface area (TPSA) is 49.8 Å². The van der Waals surface area contributed by atoms with Crippen LogP contribution in [0.2, 0.25) is 0 Å². The molecule has 1 saturated heterocycles. The van der Waals surface area contributed by atoms with E-state index >= 15 is 0 Å². The molecule has 0 bridgehead atoms. The Kier molecular flexibility index (Phi) is 3.87. The van der Waals surface area contributed by atoms with Crippen LogP contribution in [0.4, 0.5) is 5.69 Å². The van der Waals surface area contributed by atoms with Gasteiger partial charge in [-0.2, -0.15) is 0 Å². The fourth-order valence-corrected chi connectivity index (χ4v) is 2.41. The number of hydrogen-bond acceptors (Lipinski definition) is 3. The van der Waals surface area contributed by atoms with Crippen molar-refractivity contribution in [2.75, 3.05) is 25.1 Å². The number of nitrogens with zero attached hydrogens (tertiary/aromatic N) is 1. The molecule has 4 heteroatoms. The third kappa shape index (κ3) is 2.64. The number of benzene rings is 1. The Bertz CT molecular complexity index is 433. The minimum Gasteiger partial charge on any atom is -0.478 e. The molecule has 1 N–H and O–H groups in total. The third-order valence-corrected chi connectivity index (χ3v) is 3.65. The molecule has 4 nitrogen and oxygen atoms in total. The summed E-state index contributed by atoms with van der Waals surface area (Å²) in [5, 5.41) is 9.00. The van der Waals surface area contributed by atoms with Gasteiger partial charge >= 0.3 is 5.97 Å². The van der Waals surface area contributed by atoms with Crippen LogP contribution in [0.15, 0.2) is 24.3 Å². The Labute approximate surface area is 107 Å². The summed E-state index contributed by atoms with van der Waals surface area (Å²) in [6, 6.07) is 7.09. The Hall–Kier alpha value is -1.55. The lowest BCUT2D eigenvalue weighted by molar-refractivity contribution is 0.0498. The fraction of sp³-hybridized carbons (Fsp3) is 0.500. The summed E-state index contributed by atoms with van der Waals surface area (Å²) in [5.41, 5.74) is 1.30. The van der Waals surface area contributed by atoms with Gasteiger partial charge in [-0.15, -0.1) is 0 Å². The van der Waals surface area contributed by atoms with Gasteiger partial charge in [-0.25, -0.2) is 4.79 Å². The summed E-state index contributed by atoms with van der Waals surface area (Å²) in [5.74, 6) is -0.334. The zero-order valence-corrected chi connectivity index (χ0v) is 10.8. The lowest BCUT2D eigenvalue weighted by atomic mass is 9.95. The normalized spacial score (nSPS) is 24.0. The molecule has 0 saturated carbocycles. The van der Waals surface area contributed by atoms with Crippen molar-refractivity contribution in [1.82, 2.24) is 0 Å². The van der Waals surface area contributed by atoms with Crippen molar-refractivity contribution in [2.45, 2.75) is 19.4 Å². The molecule has 18 heavy (non-hydrogen) atoms. The van der Waals surface area contributed by atoms with Crippen molar-refractivity contribution in [3.05, 3.63) is 29.8 Å². The lowest BCUT2D eigenvalue weighted by Crippen LogP contribution is -2.43. The fourth-order valence-electron chi connectivity index (χ4n) is 2.41. The number of anilines is 1. The number of rotatable bonds is 3. The smallest absolute Gasteiger partial charge is 0.335 e. The molecule has 0 aliphatic carbocycles. The van der Waals surface area contributed by atoms with E-state index in [1.54, 1.807) is 25.3 Å². The number of aromatic carboxylic acids is 1. The predicted molar refractivity (Wildman–Crippen MR) is 70.2 cm³/mol. The number of carbonyl (C=O) groups is 1. The molecule has 2 atom stereocenters. The Morgan fingerprint density at radius 3 is 2.94 bits per heavy atom. The van der Waals surface area contributed by atoms with Crippen LogP contribution in [0.5, 0.6) is 0 Å². The lowest BCUT2D eigenvalue weighted by Gasteiger charge is -2.37. The maximum atomic E-state index is 11.0. The van der Waals surface area contributed by atoms with E-state index in [0.717, 1.165) is 25.2 Å². The van der Waals surface area contributed by atoms with Crippen molar-refractivity contribution in [2.24, 2.45) is 5.92 Å². The van der Waals surface area contributed by atoms with E-state index in [4.69, 9.17) is 9.84 Å². The number of hydrogen-bond donors (Lipinski definition) is 1. The molecular formula is C14H19NO3. The van der Waals surface area contributed by atoms with Gasteiger partial charge in [0.1, 0.15) is 0 Å². The van der Waals surface area contributed by atoms with Crippen molar-refractivity contribution >= 4 is 11.7 Å². The minimum atomic E-state index is -0.884. The van der Waals surface area contributed by atoms with Gasteiger partial charge in [0.2, 0.25) is 0 Å². The highest BCUT2D eigenvalue weighted by molar-refractivity contribution is 5.88. The van der Waals surface area contributed by atoms with Crippen LogP contribution in [0.25, 0.3) is 0 Å². The summed E-state index contributed by atoms with van der Waals surface area (Å²) in [7, 11) is 1.73. The Morgan fingerprint density at radius 2 is 2.28 bits per heavy atom. The highest BCUT2D eigenvalue weighted by Gasteiger charge is 2.26. The van der Waals surface area contributed by atoms with Crippen molar-refractivity contribution in [1.29, 1.82) is 0 Å². The van der Waals surface area contributed by atoms with E-state index in [9.17, 15) is 4.79 Å². The molecule has 98 valence electrons. The monoisotopic (exact) mass is 249 g/mol. The van der Waals surface area contributed by atoms with Crippen LogP contribution >= 0.6 is 0 Å². The summed E-state index contributed by atoms with van der Waals surface area (Å²) < 4.78 is 5.47. The molecule has 1 aromatic rings. The van der Waals surface area contributed by atoms with Crippen LogP contribution in [-0.2, 0) is 4.74 Å². The van der Waals surface area contributed by atoms with Gasteiger partial charge in [0.05, 0.1) is 11.7 Å². The van der Waals surface area contributed by atoms with Gasteiger partial charge in [-0.3, -0.25) is 0 Å². The number of carboxylic acids is 1. The Morgan fingerprint density at radius 1 is 1.50 bits per heavy atom. The van der Waals surface area contributed by atoms with E-state index in [0.29, 0.717) is 11.5 Å². The standard InChI is InChI=1S/C14H19NO3/c1-10-6-7-15(9-13(10)18-2)12-5-3-4-11(8-12)14(16)17/h3-5,8,10,13H,6-7,9H2,1-2H3,(H,16,17). The first-order chi connectivity index (χ1) is 8.61. The molecule has 1 fully saturated rings. The molecule has 1 aliphatic rings. The highest BCUT2D eigenvalue weighted by atomic mass is 16.5. The first kappa shape index (κ1) is 12.9. The summed E-state index contributed by atoms with van der Waals surface area (Å²) in [6.07, 6.45) is 1.28. The van der Waals surface area contributed by atoms with Crippen molar-refractivity contribution < 1.29 is 14.6 Å². The molecular weight excluding hydrogens is 230 g/mol. The van der Waals surface area contributed by atoms with E-state index < -0.39 is 5.97 Å². The van der Waals surface area contributed by atoms with E-state index in [1.165, 1.54) is 0 Å². The predicted octanol–water partition coefficient (Wildman–Crippen LogP) is 2.25. The SMILES string of the molecule is COC1CN(c2cccc(C(=O)O)c2)CCC1C. The average molecular weight is 249 g/mol. The van der Waals surface area contributed by atoms with Gasteiger partial charge < -0.3 is 14.7 Å². The zero-order chi connectivity index (χ0) is 13.1. The highest BCUT2D eigenvalue weighted by Crippen LogP contribution is 2.25. The number of methoxy groups -OCH3 is 1. The van der Waals surface area contributed by atoms with Crippen LogP contribution in [0, 0.1) is 5.92 Å². The zero-order valence-electron chi connectivity index (χ0n) is 10.8. The average Bonchev–Trinajstić information content (AvgIpc) is 2.39. The largest absolute Gasteiger partial charge is 0.478 e. The van der Waals surface area contributed by atoms with Gasteiger partial charge in [0.25, 0.3) is 0 Å². The first-order valence-electron chi connectivity index (χ1n) is 6.23. The van der Waals surface area contributed by atoms with Crippen molar-refractivity contribution in [3.8, 4) is 0 Å². The summed E-state index contributed by atoms with van der Waals surface area (Å²) >= 11 is 0. The number of ether oxygens (including phenoxy) is 1. The second kappa shape index (κ2) is 5.40. The van der Waals surface area contributed by atoms with Crippen LogP contribution in [0.1, 0.15) is 23.7 Å². The van der Waals surface area contributed by atoms with Gasteiger partial charge in [0, 0.05) is 25.9 Å². The molecule has 2 rings (SSSR count). The first-order valence-corrected chi connectivity index (χ1v) is 6.23. The number of piperidine rings is 1. The molecule has 1 aliphatic heterocycles. The second-order valence-corrected chi connectivity index (χ2v) is 4.84. The Balaban J connectivity index is 2.16. The second-order valence-electron chi connectivity index (χ2n) is 4.84. The van der Waals surface area contributed by atoms with E-state index in [-0.39, 0.29) is 6.10 Å². The maximum absolute atomic E-state index is 11.0. The molecule has 0 aromatic heterocycles. The van der Waals surface area contributed by atoms with Crippen molar-refractivity contribution in [3.63, 3.8) is 0 Å². The number of carboxylic acid groups (broad SMARTS) is 1.